The first-order valence-electron chi connectivity index (χ1n) is 7.88. The summed E-state index contributed by atoms with van der Waals surface area (Å²) in [5.74, 6) is -1.19. The highest BCUT2D eigenvalue weighted by Crippen LogP contribution is 2.27. The van der Waals surface area contributed by atoms with Crippen molar-refractivity contribution in [2.24, 2.45) is 5.92 Å². The van der Waals surface area contributed by atoms with Crippen molar-refractivity contribution in [2.45, 2.75) is 20.3 Å². The molecule has 0 bridgehead atoms. The largest absolute Gasteiger partial charge is 0.326 e. The number of carbonyl (C=O) groups is 2. The first-order valence-corrected chi connectivity index (χ1v) is 7.88. The third-order valence-electron chi connectivity index (χ3n) is 4.39. The van der Waals surface area contributed by atoms with E-state index >= 15 is 0 Å². The van der Waals surface area contributed by atoms with Gasteiger partial charge in [0.2, 0.25) is 11.8 Å². The van der Waals surface area contributed by atoms with E-state index in [4.69, 9.17) is 0 Å². The molecule has 1 saturated heterocycles. The molecule has 1 N–H and O–H groups in total. The number of anilines is 2. The quantitative estimate of drug-likeness (QED) is 0.939. The van der Waals surface area contributed by atoms with Crippen LogP contribution in [0.5, 0.6) is 0 Å². The zero-order chi connectivity index (χ0) is 17.3. The average Bonchev–Trinajstić information content (AvgIpc) is 2.92. The van der Waals surface area contributed by atoms with Crippen LogP contribution >= 0.6 is 0 Å². The number of nitrogens with zero attached hydrogens (tertiary/aromatic N) is 1. The molecule has 1 aliphatic rings. The van der Waals surface area contributed by atoms with Gasteiger partial charge in [0.1, 0.15) is 5.82 Å². The minimum Gasteiger partial charge on any atom is -0.326 e. The van der Waals surface area contributed by atoms with Crippen molar-refractivity contribution in [3.63, 3.8) is 0 Å². The first kappa shape index (κ1) is 16.2. The number of rotatable bonds is 3. The number of carbonyl (C=O) groups excluding carboxylic acids is 2. The molecule has 2 amide bonds. The highest BCUT2D eigenvalue weighted by molar-refractivity contribution is 6.03. The highest BCUT2D eigenvalue weighted by atomic mass is 19.1. The van der Waals surface area contributed by atoms with Gasteiger partial charge in [-0.1, -0.05) is 12.1 Å². The Morgan fingerprint density at radius 3 is 2.67 bits per heavy atom. The summed E-state index contributed by atoms with van der Waals surface area (Å²) in [6.07, 6.45) is 0.161. The van der Waals surface area contributed by atoms with Crippen LogP contribution in [0.1, 0.15) is 17.5 Å². The Balaban J connectivity index is 1.72. The summed E-state index contributed by atoms with van der Waals surface area (Å²) in [5, 5.41) is 2.68. The topological polar surface area (TPSA) is 49.4 Å². The fourth-order valence-electron chi connectivity index (χ4n) is 2.84. The third kappa shape index (κ3) is 3.30. The Hall–Kier alpha value is -2.69. The molecule has 1 atom stereocenters. The van der Waals surface area contributed by atoms with Gasteiger partial charge in [-0.3, -0.25) is 9.59 Å². The maximum atomic E-state index is 13.2. The van der Waals surface area contributed by atoms with E-state index in [0.29, 0.717) is 12.2 Å². The number of benzene rings is 2. The lowest BCUT2D eigenvalue weighted by Gasteiger charge is -2.18. The van der Waals surface area contributed by atoms with E-state index in [0.717, 1.165) is 16.8 Å². The van der Waals surface area contributed by atoms with Gasteiger partial charge >= 0.3 is 0 Å². The van der Waals surface area contributed by atoms with E-state index in [-0.39, 0.29) is 18.2 Å². The Morgan fingerprint density at radius 2 is 1.96 bits per heavy atom. The molecule has 4 nitrogen and oxygen atoms in total. The number of hydrogen-bond acceptors (Lipinski definition) is 2. The van der Waals surface area contributed by atoms with Crippen molar-refractivity contribution >= 4 is 23.2 Å². The SMILES string of the molecule is Cc1ccc(N2C[C@@H](C(=O)Nc3cccc(F)c3)CC2=O)cc1C. The number of amides is 2. The van der Waals surface area contributed by atoms with Gasteiger partial charge < -0.3 is 10.2 Å². The van der Waals surface area contributed by atoms with Crippen LogP contribution in [0.25, 0.3) is 0 Å². The lowest BCUT2D eigenvalue weighted by atomic mass is 10.1. The van der Waals surface area contributed by atoms with Gasteiger partial charge in [0.15, 0.2) is 0 Å². The van der Waals surface area contributed by atoms with Gasteiger partial charge in [-0.2, -0.15) is 0 Å². The molecule has 0 radical (unpaired) electrons. The lowest BCUT2D eigenvalue weighted by molar-refractivity contribution is -0.122. The normalized spacial score (nSPS) is 17.2. The summed E-state index contributed by atoms with van der Waals surface area (Å²) in [6.45, 7) is 4.34. The Labute approximate surface area is 140 Å². The fourth-order valence-corrected chi connectivity index (χ4v) is 2.84. The van der Waals surface area contributed by atoms with Crippen LogP contribution in [-0.4, -0.2) is 18.4 Å². The van der Waals surface area contributed by atoms with Crippen LogP contribution in [0.2, 0.25) is 0 Å². The zero-order valence-corrected chi connectivity index (χ0v) is 13.7. The molecule has 0 aromatic heterocycles. The van der Waals surface area contributed by atoms with Crippen molar-refractivity contribution in [3.8, 4) is 0 Å². The second kappa shape index (κ2) is 6.43. The molecular weight excluding hydrogens is 307 g/mol. The second-order valence-electron chi connectivity index (χ2n) is 6.17. The molecule has 1 fully saturated rings. The van der Waals surface area contributed by atoms with Crippen molar-refractivity contribution in [3.05, 3.63) is 59.4 Å². The van der Waals surface area contributed by atoms with Crippen LogP contribution in [0, 0.1) is 25.6 Å². The maximum absolute atomic E-state index is 13.2. The van der Waals surface area contributed by atoms with Crippen molar-refractivity contribution < 1.29 is 14.0 Å². The van der Waals surface area contributed by atoms with E-state index in [1.165, 1.54) is 18.2 Å². The van der Waals surface area contributed by atoms with Gasteiger partial charge in [0.05, 0.1) is 5.92 Å². The van der Waals surface area contributed by atoms with Gasteiger partial charge in [-0.25, -0.2) is 4.39 Å². The summed E-state index contributed by atoms with van der Waals surface area (Å²) >= 11 is 0. The predicted octanol–water partition coefficient (Wildman–Crippen LogP) is 3.43. The molecule has 24 heavy (non-hydrogen) atoms. The van der Waals surface area contributed by atoms with Crippen LogP contribution in [-0.2, 0) is 9.59 Å². The second-order valence-corrected chi connectivity index (χ2v) is 6.17. The van der Waals surface area contributed by atoms with Crippen molar-refractivity contribution in [2.75, 3.05) is 16.8 Å². The molecule has 1 heterocycles. The summed E-state index contributed by atoms with van der Waals surface area (Å²) in [6, 6.07) is 11.6. The van der Waals surface area contributed by atoms with Crippen LogP contribution in [0.15, 0.2) is 42.5 Å². The highest BCUT2D eigenvalue weighted by Gasteiger charge is 2.35. The minimum absolute atomic E-state index is 0.0716. The molecule has 2 aromatic carbocycles. The third-order valence-corrected chi connectivity index (χ3v) is 4.39. The van der Waals surface area contributed by atoms with Gasteiger partial charge in [0, 0.05) is 24.3 Å². The number of hydrogen-bond donors (Lipinski definition) is 1. The van der Waals surface area contributed by atoms with Crippen LogP contribution in [0.3, 0.4) is 0 Å². The first-order chi connectivity index (χ1) is 11.4. The summed E-state index contributed by atoms with van der Waals surface area (Å²) in [7, 11) is 0. The summed E-state index contributed by atoms with van der Waals surface area (Å²) < 4.78 is 13.2. The average molecular weight is 326 g/mol. The molecule has 124 valence electrons. The molecule has 0 saturated carbocycles. The van der Waals surface area contributed by atoms with E-state index in [1.807, 2.05) is 32.0 Å². The molecule has 2 aromatic rings. The van der Waals surface area contributed by atoms with Crippen LogP contribution < -0.4 is 10.2 Å². The molecule has 1 aliphatic heterocycles. The van der Waals surface area contributed by atoms with E-state index in [9.17, 15) is 14.0 Å². The minimum atomic E-state index is -0.442. The maximum Gasteiger partial charge on any atom is 0.229 e. The standard InChI is InChI=1S/C19H19FN2O2/c1-12-6-7-17(8-13(12)2)22-11-14(9-18(22)23)19(24)21-16-5-3-4-15(20)10-16/h3-8,10,14H,9,11H2,1-2H3,(H,21,24)/t14-/m0/s1. The molecule has 0 aliphatic carbocycles. The molecule has 0 spiro atoms. The van der Waals surface area contributed by atoms with E-state index in [2.05, 4.69) is 5.32 Å². The van der Waals surface area contributed by atoms with Crippen LogP contribution in [0.4, 0.5) is 15.8 Å². The Kier molecular flexibility index (Phi) is 4.34. The number of nitrogens with one attached hydrogen (secondary N) is 1. The number of halogens is 1. The summed E-state index contributed by atoms with van der Waals surface area (Å²) in [5.41, 5.74) is 3.47. The fraction of sp³-hybridized carbons (Fsp3) is 0.263. The number of aryl methyl sites for hydroxylation is 2. The lowest BCUT2D eigenvalue weighted by Crippen LogP contribution is -2.28. The molecule has 5 heteroatoms. The van der Waals surface area contributed by atoms with E-state index < -0.39 is 11.7 Å². The summed E-state index contributed by atoms with van der Waals surface area (Å²) in [4.78, 5) is 26.3. The molecule has 0 unspecified atom stereocenters. The molecule has 3 rings (SSSR count). The van der Waals surface area contributed by atoms with E-state index in [1.54, 1.807) is 11.0 Å². The van der Waals surface area contributed by atoms with Gasteiger partial charge in [-0.05, 0) is 55.3 Å². The predicted molar refractivity (Wildman–Crippen MR) is 91.4 cm³/mol. The monoisotopic (exact) mass is 326 g/mol. The van der Waals surface area contributed by atoms with Crippen molar-refractivity contribution in [1.82, 2.24) is 0 Å². The van der Waals surface area contributed by atoms with Gasteiger partial charge in [0.25, 0.3) is 0 Å². The smallest absolute Gasteiger partial charge is 0.229 e. The Bertz CT molecular complexity index is 804. The molecular formula is C19H19FN2O2. The zero-order valence-electron chi connectivity index (χ0n) is 13.7. The van der Waals surface area contributed by atoms with Crippen molar-refractivity contribution in [1.29, 1.82) is 0 Å². The van der Waals surface area contributed by atoms with Gasteiger partial charge in [-0.15, -0.1) is 0 Å². The Morgan fingerprint density at radius 1 is 1.17 bits per heavy atom.